The zero-order valence-corrected chi connectivity index (χ0v) is 17.1. The molecular weight excluding hydrogens is 382 g/mol. The molecule has 0 N–H and O–H groups in total. The van der Waals surface area contributed by atoms with Crippen LogP contribution in [0.2, 0.25) is 0 Å². The monoisotopic (exact) mass is 407 g/mol. The van der Waals surface area contributed by atoms with Gasteiger partial charge in [0.1, 0.15) is 0 Å². The number of thioether (sulfide) groups is 1. The van der Waals surface area contributed by atoms with Gasteiger partial charge in [0.2, 0.25) is 5.91 Å². The summed E-state index contributed by atoms with van der Waals surface area (Å²) in [4.78, 5) is 14.4. The Morgan fingerprint density at radius 3 is 2.70 bits per heavy atom. The highest BCUT2D eigenvalue weighted by Gasteiger charge is 2.33. The lowest BCUT2D eigenvalue weighted by Crippen LogP contribution is -2.42. The van der Waals surface area contributed by atoms with Gasteiger partial charge in [0.15, 0.2) is 9.84 Å². The van der Waals surface area contributed by atoms with Gasteiger partial charge in [-0.05, 0) is 36.6 Å². The van der Waals surface area contributed by atoms with Crippen LogP contribution >= 0.6 is 11.8 Å². The van der Waals surface area contributed by atoms with E-state index in [1.54, 1.807) is 27.5 Å². The van der Waals surface area contributed by atoms with Gasteiger partial charge in [0, 0.05) is 30.7 Å². The summed E-state index contributed by atoms with van der Waals surface area (Å²) in [5.74, 6) is 1.46. The minimum Gasteiger partial charge on any atom is -0.338 e. The van der Waals surface area contributed by atoms with Gasteiger partial charge < -0.3 is 4.90 Å². The molecule has 0 aliphatic carbocycles. The molecule has 2 heterocycles. The Morgan fingerprint density at radius 2 is 2.11 bits per heavy atom. The maximum Gasteiger partial charge on any atom is 0.232 e. The van der Waals surface area contributed by atoms with Crippen molar-refractivity contribution >= 4 is 27.5 Å². The Kier molecular flexibility index (Phi) is 6.59. The zero-order chi connectivity index (χ0) is 19.3. The smallest absolute Gasteiger partial charge is 0.232 e. The van der Waals surface area contributed by atoms with Crippen LogP contribution in [0.25, 0.3) is 5.69 Å². The number of carbonyl (C=O) groups is 1. The molecule has 6 nitrogen and oxygen atoms in total. The fourth-order valence-electron chi connectivity index (χ4n) is 3.28. The van der Waals surface area contributed by atoms with Crippen molar-refractivity contribution in [1.82, 2.24) is 14.7 Å². The topological polar surface area (TPSA) is 72.3 Å². The number of carbonyl (C=O) groups excluding carboxylic acids is 1. The summed E-state index contributed by atoms with van der Waals surface area (Å²) < 4.78 is 25.3. The summed E-state index contributed by atoms with van der Waals surface area (Å²) >= 11 is 1.57. The van der Waals surface area contributed by atoms with Crippen LogP contribution in [0.4, 0.5) is 0 Å². The number of benzene rings is 1. The summed E-state index contributed by atoms with van der Waals surface area (Å²) in [6.07, 6.45) is 5.04. The Balaban J connectivity index is 1.51. The minimum absolute atomic E-state index is 0.0390. The predicted octanol–water partition coefficient (Wildman–Crippen LogP) is 2.53. The highest BCUT2D eigenvalue weighted by Crippen LogP contribution is 2.21. The molecule has 1 aromatic carbocycles. The first-order chi connectivity index (χ1) is 13.0. The third-order valence-corrected chi connectivity index (χ3v) is 7.37. The van der Waals surface area contributed by atoms with Crippen molar-refractivity contribution in [1.29, 1.82) is 0 Å². The van der Waals surface area contributed by atoms with Crippen LogP contribution in [0.3, 0.4) is 0 Å². The van der Waals surface area contributed by atoms with Gasteiger partial charge in [-0.1, -0.05) is 19.1 Å². The molecule has 146 valence electrons. The lowest BCUT2D eigenvalue weighted by molar-refractivity contribution is -0.130. The second kappa shape index (κ2) is 8.93. The Hall–Kier alpha value is -1.80. The van der Waals surface area contributed by atoms with Crippen molar-refractivity contribution in [2.45, 2.75) is 31.6 Å². The average Bonchev–Trinajstić information content (AvgIpc) is 3.30. The van der Waals surface area contributed by atoms with Gasteiger partial charge in [0.25, 0.3) is 0 Å². The normalized spacial score (nSPS) is 18.5. The molecule has 1 aliphatic rings. The first-order valence-electron chi connectivity index (χ1n) is 9.15. The molecule has 1 fully saturated rings. The van der Waals surface area contributed by atoms with Crippen molar-refractivity contribution < 1.29 is 13.2 Å². The van der Waals surface area contributed by atoms with Crippen molar-refractivity contribution in [3.8, 4) is 5.69 Å². The summed E-state index contributed by atoms with van der Waals surface area (Å²) in [6, 6.07) is 9.84. The number of amides is 1. The van der Waals surface area contributed by atoms with E-state index in [2.05, 4.69) is 5.10 Å². The van der Waals surface area contributed by atoms with Crippen LogP contribution < -0.4 is 0 Å². The zero-order valence-electron chi connectivity index (χ0n) is 15.5. The molecule has 0 unspecified atom stereocenters. The molecule has 1 amide bonds. The summed E-state index contributed by atoms with van der Waals surface area (Å²) in [6.45, 7) is 2.64. The van der Waals surface area contributed by atoms with Gasteiger partial charge in [-0.15, -0.1) is 11.8 Å². The molecule has 0 spiro atoms. The summed E-state index contributed by atoms with van der Waals surface area (Å²) in [5.41, 5.74) is 2.15. The minimum atomic E-state index is -2.99. The number of rotatable bonds is 8. The Bertz CT molecular complexity index is 849. The van der Waals surface area contributed by atoms with Crippen molar-refractivity contribution in [2.24, 2.45) is 0 Å². The second-order valence-electron chi connectivity index (χ2n) is 6.75. The molecule has 1 aliphatic heterocycles. The SMILES string of the molecule is CCCN(C(=O)CSCc1ccc(-n2cccn2)cc1)[C@H]1CCS(=O)(=O)C1. The van der Waals surface area contributed by atoms with Crippen LogP contribution in [0.15, 0.2) is 42.7 Å². The lowest BCUT2D eigenvalue weighted by atomic mass is 10.2. The highest BCUT2D eigenvalue weighted by atomic mass is 32.2. The predicted molar refractivity (Wildman–Crippen MR) is 109 cm³/mol. The van der Waals surface area contributed by atoms with E-state index in [1.165, 1.54) is 0 Å². The number of sulfone groups is 1. The lowest BCUT2D eigenvalue weighted by Gasteiger charge is -2.27. The molecular formula is C19H25N3O3S2. The molecule has 8 heteroatoms. The number of hydrogen-bond donors (Lipinski definition) is 0. The second-order valence-corrected chi connectivity index (χ2v) is 9.97. The third kappa shape index (κ3) is 5.35. The van der Waals surface area contributed by atoms with Gasteiger partial charge in [-0.2, -0.15) is 5.10 Å². The third-order valence-electron chi connectivity index (χ3n) is 4.63. The summed E-state index contributed by atoms with van der Waals surface area (Å²) in [7, 11) is -2.99. The van der Waals surface area contributed by atoms with Crippen LogP contribution in [-0.2, 0) is 20.4 Å². The van der Waals surface area contributed by atoms with E-state index in [0.717, 1.165) is 23.4 Å². The highest BCUT2D eigenvalue weighted by molar-refractivity contribution is 7.99. The van der Waals surface area contributed by atoms with E-state index in [1.807, 2.05) is 43.5 Å². The number of hydrogen-bond acceptors (Lipinski definition) is 5. The van der Waals surface area contributed by atoms with Crippen molar-refractivity contribution in [2.75, 3.05) is 23.8 Å². The van der Waals surface area contributed by atoms with E-state index in [9.17, 15) is 13.2 Å². The fraction of sp³-hybridized carbons (Fsp3) is 0.474. The average molecular weight is 408 g/mol. The molecule has 1 atom stereocenters. The molecule has 2 aromatic rings. The van der Waals surface area contributed by atoms with Crippen LogP contribution in [0, 0.1) is 0 Å². The molecule has 1 aromatic heterocycles. The first kappa shape index (κ1) is 19.9. The molecule has 0 saturated carbocycles. The molecule has 1 saturated heterocycles. The van der Waals surface area contributed by atoms with E-state index in [-0.39, 0.29) is 23.5 Å². The number of nitrogens with zero attached hydrogens (tertiary/aromatic N) is 3. The van der Waals surface area contributed by atoms with Crippen LogP contribution in [0.5, 0.6) is 0 Å². The standard InChI is InChI=1S/C19H25N3O3S2/c1-2-10-21(18-8-12-27(24,25)15-18)19(23)14-26-13-16-4-6-17(7-5-16)22-11-3-9-20-22/h3-7,9,11,18H,2,8,10,12-15H2,1H3/t18-/m0/s1. The molecule has 0 bridgehead atoms. The van der Waals surface area contributed by atoms with E-state index < -0.39 is 9.84 Å². The van der Waals surface area contributed by atoms with Gasteiger partial charge >= 0.3 is 0 Å². The van der Waals surface area contributed by atoms with Crippen LogP contribution in [0.1, 0.15) is 25.3 Å². The van der Waals surface area contributed by atoms with Gasteiger partial charge in [-0.3, -0.25) is 4.79 Å². The van der Waals surface area contributed by atoms with Gasteiger partial charge in [0.05, 0.1) is 22.9 Å². The van der Waals surface area contributed by atoms with Crippen molar-refractivity contribution in [3.05, 3.63) is 48.3 Å². The maximum atomic E-state index is 12.6. The maximum absolute atomic E-state index is 12.6. The number of aromatic nitrogens is 2. The van der Waals surface area contributed by atoms with E-state index in [4.69, 9.17) is 0 Å². The van der Waals surface area contributed by atoms with E-state index >= 15 is 0 Å². The van der Waals surface area contributed by atoms with Gasteiger partial charge in [-0.25, -0.2) is 13.1 Å². The largest absolute Gasteiger partial charge is 0.338 e. The first-order valence-corrected chi connectivity index (χ1v) is 12.1. The summed E-state index contributed by atoms with van der Waals surface area (Å²) in [5, 5.41) is 4.20. The molecule has 3 rings (SSSR count). The van der Waals surface area contributed by atoms with E-state index in [0.29, 0.717) is 18.7 Å². The Labute approximate surface area is 164 Å². The molecule has 27 heavy (non-hydrogen) atoms. The van der Waals surface area contributed by atoms with Crippen LogP contribution in [-0.4, -0.2) is 58.9 Å². The van der Waals surface area contributed by atoms with Crippen molar-refractivity contribution in [3.63, 3.8) is 0 Å². The quantitative estimate of drug-likeness (QED) is 0.672. The Morgan fingerprint density at radius 1 is 1.33 bits per heavy atom. The molecule has 0 radical (unpaired) electrons. The fourth-order valence-corrected chi connectivity index (χ4v) is 5.88.